The van der Waals surface area contributed by atoms with Gasteiger partial charge in [0, 0.05) is 18.1 Å². The van der Waals surface area contributed by atoms with Gasteiger partial charge in [0.25, 0.3) is 5.91 Å². The average molecular weight is 359 g/mol. The van der Waals surface area contributed by atoms with Crippen LogP contribution in [0.2, 0.25) is 5.02 Å². The fraction of sp³-hybridized carbons (Fsp3) is 0.350. The Morgan fingerprint density at radius 3 is 2.52 bits per heavy atom. The quantitative estimate of drug-likeness (QED) is 0.837. The Balaban J connectivity index is 1.86. The van der Waals surface area contributed by atoms with E-state index in [4.69, 9.17) is 16.3 Å². The number of carbonyl (C=O) groups is 1. The molecule has 0 spiro atoms. The molecule has 3 rings (SSSR count). The Morgan fingerprint density at radius 1 is 1.08 bits per heavy atom. The molecule has 0 aliphatic carbocycles. The highest BCUT2D eigenvalue weighted by molar-refractivity contribution is 6.31. The molecule has 1 heterocycles. The van der Waals surface area contributed by atoms with Crippen molar-refractivity contribution in [1.29, 1.82) is 0 Å². The summed E-state index contributed by atoms with van der Waals surface area (Å²) in [5.41, 5.74) is 2.32. The third kappa shape index (κ3) is 4.26. The van der Waals surface area contributed by atoms with E-state index in [-0.39, 0.29) is 5.91 Å². The Labute approximate surface area is 153 Å². The van der Waals surface area contributed by atoms with E-state index in [9.17, 15) is 4.79 Å². The number of nitrogens with one attached hydrogen (secondary N) is 1. The van der Waals surface area contributed by atoms with Crippen molar-refractivity contribution in [2.45, 2.75) is 25.7 Å². The van der Waals surface area contributed by atoms with Gasteiger partial charge in [-0.3, -0.25) is 4.79 Å². The molecule has 0 atom stereocenters. The van der Waals surface area contributed by atoms with Crippen molar-refractivity contribution < 1.29 is 9.53 Å². The van der Waals surface area contributed by atoms with Crippen LogP contribution in [-0.2, 0) is 0 Å². The van der Waals surface area contributed by atoms with Crippen LogP contribution in [0.5, 0.6) is 5.75 Å². The average Bonchev–Trinajstić information content (AvgIpc) is 2.91. The molecule has 25 heavy (non-hydrogen) atoms. The fourth-order valence-corrected chi connectivity index (χ4v) is 3.39. The second-order valence-corrected chi connectivity index (χ2v) is 6.65. The molecule has 0 saturated carbocycles. The summed E-state index contributed by atoms with van der Waals surface area (Å²) in [6.45, 7) is 2.04. The summed E-state index contributed by atoms with van der Waals surface area (Å²) < 4.78 is 5.29. The number of amides is 1. The predicted octanol–water partition coefficient (Wildman–Crippen LogP) is 4.98. The normalized spacial score (nSPS) is 14.7. The Morgan fingerprint density at radius 2 is 1.80 bits per heavy atom. The Bertz CT molecular complexity index is 740. The standard InChI is InChI=1S/C20H23ClN2O2/c1-25-19-11-10-15(21)14-16(19)20(24)22-17-8-4-5-9-18(17)23-12-6-2-3-7-13-23/h4-5,8-11,14H,2-3,6-7,12-13H2,1H3,(H,22,24). The number of ether oxygens (including phenoxy) is 1. The van der Waals surface area contributed by atoms with Gasteiger partial charge in [-0.1, -0.05) is 36.6 Å². The second kappa shape index (κ2) is 8.26. The molecule has 1 aliphatic heterocycles. The van der Waals surface area contributed by atoms with E-state index < -0.39 is 0 Å². The van der Waals surface area contributed by atoms with Gasteiger partial charge in [-0.25, -0.2) is 0 Å². The number of hydrogen-bond donors (Lipinski definition) is 1. The summed E-state index contributed by atoms with van der Waals surface area (Å²) in [7, 11) is 1.55. The van der Waals surface area contributed by atoms with Gasteiger partial charge in [-0.05, 0) is 43.2 Å². The number of nitrogens with zero attached hydrogens (tertiary/aromatic N) is 1. The minimum Gasteiger partial charge on any atom is -0.496 e. The van der Waals surface area contributed by atoms with Crippen LogP contribution in [0.1, 0.15) is 36.0 Å². The van der Waals surface area contributed by atoms with Gasteiger partial charge in [-0.2, -0.15) is 0 Å². The van der Waals surface area contributed by atoms with E-state index in [2.05, 4.69) is 16.3 Å². The van der Waals surface area contributed by atoms with Crippen molar-refractivity contribution in [3.05, 3.63) is 53.1 Å². The number of carbonyl (C=O) groups excluding carboxylic acids is 1. The third-order valence-corrected chi connectivity index (χ3v) is 4.74. The van der Waals surface area contributed by atoms with Crippen molar-refractivity contribution >= 4 is 28.9 Å². The van der Waals surface area contributed by atoms with E-state index in [0.29, 0.717) is 16.3 Å². The van der Waals surface area contributed by atoms with Crippen molar-refractivity contribution in [1.82, 2.24) is 0 Å². The lowest BCUT2D eigenvalue weighted by Crippen LogP contribution is -2.25. The van der Waals surface area contributed by atoms with Crippen LogP contribution in [0, 0.1) is 0 Å². The van der Waals surface area contributed by atoms with Gasteiger partial charge in [-0.15, -0.1) is 0 Å². The summed E-state index contributed by atoms with van der Waals surface area (Å²) in [5, 5.41) is 3.53. The Kier molecular flexibility index (Phi) is 5.82. The fourth-order valence-electron chi connectivity index (χ4n) is 3.21. The van der Waals surface area contributed by atoms with Crippen LogP contribution < -0.4 is 15.0 Å². The third-order valence-electron chi connectivity index (χ3n) is 4.51. The van der Waals surface area contributed by atoms with Crippen molar-refractivity contribution in [3.8, 4) is 5.75 Å². The van der Waals surface area contributed by atoms with Crippen LogP contribution in [-0.4, -0.2) is 26.1 Å². The van der Waals surface area contributed by atoms with Crippen molar-refractivity contribution in [3.63, 3.8) is 0 Å². The van der Waals surface area contributed by atoms with Crippen LogP contribution >= 0.6 is 11.6 Å². The molecule has 1 fully saturated rings. The van der Waals surface area contributed by atoms with E-state index in [1.54, 1.807) is 25.3 Å². The largest absolute Gasteiger partial charge is 0.496 e. The van der Waals surface area contributed by atoms with Gasteiger partial charge in [0.1, 0.15) is 5.75 Å². The highest BCUT2D eigenvalue weighted by atomic mass is 35.5. The van der Waals surface area contributed by atoms with Gasteiger partial charge in [0.15, 0.2) is 0 Å². The summed E-state index contributed by atoms with van der Waals surface area (Å²) in [5.74, 6) is 0.288. The van der Waals surface area contributed by atoms with Gasteiger partial charge >= 0.3 is 0 Å². The maximum atomic E-state index is 12.8. The Hall–Kier alpha value is -2.20. The van der Waals surface area contributed by atoms with E-state index in [1.807, 2.05) is 18.2 Å². The molecular formula is C20H23ClN2O2. The minimum absolute atomic E-state index is 0.221. The van der Waals surface area contributed by atoms with E-state index >= 15 is 0 Å². The number of methoxy groups -OCH3 is 1. The zero-order chi connectivity index (χ0) is 17.6. The molecular weight excluding hydrogens is 336 g/mol. The molecule has 2 aromatic carbocycles. The smallest absolute Gasteiger partial charge is 0.259 e. The number of para-hydroxylation sites is 2. The summed E-state index contributed by atoms with van der Waals surface area (Å²) in [4.78, 5) is 15.1. The van der Waals surface area contributed by atoms with Crippen LogP contribution in [0.3, 0.4) is 0 Å². The maximum Gasteiger partial charge on any atom is 0.259 e. The minimum atomic E-state index is -0.221. The number of benzene rings is 2. The molecule has 0 radical (unpaired) electrons. The molecule has 1 amide bonds. The number of anilines is 2. The van der Waals surface area contributed by atoms with Gasteiger partial charge in [0.05, 0.1) is 24.0 Å². The lowest BCUT2D eigenvalue weighted by Gasteiger charge is -2.25. The molecule has 1 aliphatic rings. The van der Waals surface area contributed by atoms with E-state index in [0.717, 1.165) is 24.5 Å². The predicted molar refractivity (Wildman–Crippen MR) is 103 cm³/mol. The molecule has 2 aromatic rings. The van der Waals surface area contributed by atoms with Gasteiger partial charge < -0.3 is 15.0 Å². The first-order valence-corrected chi connectivity index (χ1v) is 9.05. The molecule has 4 nitrogen and oxygen atoms in total. The molecule has 0 aromatic heterocycles. The monoisotopic (exact) mass is 358 g/mol. The summed E-state index contributed by atoms with van der Waals surface area (Å²) >= 11 is 6.05. The van der Waals surface area contributed by atoms with Crippen LogP contribution in [0.25, 0.3) is 0 Å². The topological polar surface area (TPSA) is 41.6 Å². The van der Waals surface area contributed by atoms with Crippen molar-refractivity contribution in [2.24, 2.45) is 0 Å². The molecule has 5 heteroatoms. The lowest BCUT2D eigenvalue weighted by atomic mass is 10.1. The maximum absolute atomic E-state index is 12.8. The zero-order valence-corrected chi connectivity index (χ0v) is 15.2. The van der Waals surface area contributed by atoms with Gasteiger partial charge in [0.2, 0.25) is 0 Å². The molecule has 132 valence electrons. The summed E-state index contributed by atoms with van der Waals surface area (Å²) in [6, 6.07) is 13.0. The molecule has 0 unspecified atom stereocenters. The first kappa shape index (κ1) is 17.6. The second-order valence-electron chi connectivity index (χ2n) is 6.22. The number of hydrogen-bond acceptors (Lipinski definition) is 3. The lowest BCUT2D eigenvalue weighted by molar-refractivity contribution is 0.102. The highest BCUT2D eigenvalue weighted by Crippen LogP contribution is 2.30. The number of rotatable bonds is 4. The molecule has 1 N–H and O–H groups in total. The molecule has 0 bridgehead atoms. The SMILES string of the molecule is COc1ccc(Cl)cc1C(=O)Nc1ccccc1N1CCCCCC1. The highest BCUT2D eigenvalue weighted by Gasteiger charge is 2.17. The van der Waals surface area contributed by atoms with Crippen LogP contribution in [0.4, 0.5) is 11.4 Å². The van der Waals surface area contributed by atoms with E-state index in [1.165, 1.54) is 25.7 Å². The molecule has 1 saturated heterocycles. The number of halogens is 1. The first-order chi connectivity index (χ1) is 12.2. The first-order valence-electron chi connectivity index (χ1n) is 8.68. The van der Waals surface area contributed by atoms with Crippen molar-refractivity contribution in [2.75, 3.05) is 30.4 Å². The van der Waals surface area contributed by atoms with Crippen LogP contribution in [0.15, 0.2) is 42.5 Å². The summed E-state index contributed by atoms with van der Waals surface area (Å²) in [6.07, 6.45) is 4.91. The zero-order valence-electron chi connectivity index (χ0n) is 14.4.